The molecule has 2 N–H and O–H groups in total. The molecule has 2 rings (SSSR count). The van der Waals surface area contributed by atoms with Crippen molar-refractivity contribution in [3.63, 3.8) is 0 Å². The molecule has 2 heterocycles. The van der Waals surface area contributed by atoms with E-state index in [0.29, 0.717) is 22.8 Å². The summed E-state index contributed by atoms with van der Waals surface area (Å²) in [5.74, 6) is 0.429. The van der Waals surface area contributed by atoms with Gasteiger partial charge in [-0.05, 0) is 39.3 Å². The molecule has 4 nitrogen and oxygen atoms in total. The first kappa shape index (κ1) is 12.6. The van der Waals surface area contributed by atoms with Gasteiger partial charge in [-0.3, -0.25) is 0 Å². The Kier molecular flexibility index (Phi) is 3.84. The summed E-state index contributed by atoms with van der Waals surface area (Å²) in [6.07, 6.45) is 2.35. The lowest BCUT2D eigenvalue weighted by Gasteiger charge is -2.35. The predicted octanol–water partition coefficient (Wildman–Crippen LogP) is 2.30. The lowest BCUT2D eigenvalue weighted by atomic mass is 9.93. The largest absolute Gasteiger partial charge is 0.396 e. The highest BCUT2D eigenvalue weighted by Gasteiger charge is 2.24. The van der Waals surface area contributed by atoms with Gasteiger partial charge in [-0.2, -0.15) is 5.10 Å². The average molecular weight is 255 g/mol. The molecule has 0 saturated carbocycles. The van der Waals surface area contributed by atoms with Gasteiger partial charge in [0.1, 0.15) is 0 Å². The van der Waals surface area contributed by atoms with Gasteiger partial charge in [0.05, 0.1) is 11.4 Å². The van der Waals surface area contributed by atoms with Crippen molar-refractivity contribution >= 4 is 17.3 Å². The highest BCUT2D eigenvalue weighted by atomic mass is 35.5. The van der Waals surface area contributed by atoms with Crippen LogP contribution in [0.3, 0.4) is 0 Å². The molecule has 1 unspecified atom stereocenters. The maximum Gasteiger partial charge on any atom is 0.174 e. The van der Waals surface area contributed by atoms with E-state index in [1.807, 2.05) is 6.07 Å². The molecule has 94 valence electrons. The zero-order chi connectivity index (χ0) is 12.4. The summed E-state index contributed by atoms with van der Waals surface area (Å²) in [6, 6.07) is 2.44. The van der Waals surface area contributed by atoms with E-state index in [-0.39, 0.29) is 0 Å². The summed E-state index contributed by atoms with van der Waals surface area (Å²) >= 11 is 5.79. The predicted molar refractivity (Wildman–Crippen MR) is 70.1 cm³/mol. The Morgan fingerprint density at radius 2 is 2.24 bits per heavy atom. The molecule has 5 heteroatoms. The van der Waals surface area contributed by atoms with Crippen molar-refractivity contribution < 1.29 is 0 Å². The molecule has 0 amide bonds. The number of likely N-dealkylation sites (tertiary alicyclic amines) is 1. The van der Waals surface area contributed by atoms with E-state index >= 15 is 0 Å². The smallest absolute Gasteiger partial charge is 0.174 e. The Hall–Kier alpha value is -0.870. The molecule has 0 bridgehead atoms. The van der Waals surface area contributed by atoms with Crippen molar-refractivity contribution in [3.05, 3.63) is 16.9 Å². The van der Waals surface area contributed by atoms with Crippen LogP contribution in [0.25, 0.3) is 0 Å². The van der Waals surface area contributed by atoms with Gasteiger partial charge in [0.25, 0.3) is 0 Å². The summed E-state index contributed by atoms with van der Waals surface area (Å²) in [7, 11) is 0. The molecule has 1 saturated heterocycles. The molecule has 1 aromatic rings. The summed E-state index contributed by atoms with van der Waals surface area (Å²) in [5, 5.41) is 8.36. The van der Waals surface area contributed by atoms with Crippen molar-refractivity contribution in [1.29, 1.82) is 0 Å². The van der Waals surface area contributed by atoms with Crippen LogP contribution in [0.15, 0.2) is 6.07 Å². The van der Waals surface area contributed by atoms with Crippen molar-refractivity contribution in [2.45, 2.75) is 38.6 Å². The number of rotatable bonds is 2. The molecule has 0 spiro atoms. The third-order valence-corrected chi connectivity index (χ3v) is 3.69. The number of aromatic nitrogens is 2. The Morgan fingerprint density at radius 3 is 2.88 bits per heavy atom. The van der Waals surface area contributed by atoms with Crippen molar-refractivity contribution in [1.82, 2.24) is 15.1 Å². The van der Waals surface area contributed by atoms with Crippen molar-refractivity contribution in [3.8, 4) is 0 Å². The minimum atomic E-state index is 0.297. The minimum absolute atomic E-state index is 0.297. The summed E-state index contributed by atoms with van der Waals surface area (Å²) in [6.45, 7) is 6.66. The van der Waals surface area contributed by atoms with Gasteiger partial charge in [0.2, 0.25) is 0 Å². The maximum absolute atomic E-state index is 5.79. The minimum Gasteiger partial charge on any atom is -0.396 e. The van der Waals surface area contributed by atoms with Gasteiger partial charge >= 0.3 is 0 Å². The topological polar surface area (TPSA) is 55.0 Å². The lowest BCUT2D eigenvalue weighted by Crippen LogP contribution is -2.39. The van der Waals surface area contributed by atoms with Gasteiger partial charge in [-0.25, -0.2) is 0 Å². The first-order chi connectivity index (χ1) is 8.08. The Balaban J connectivity index is 2.13. The second kappa shape index (κ2) is 5.19. The van der Waals surface area contributed by atoms with E-state index in [1.54, 1.807) is 0 Å². The number of hydrogen-bond donors (Lipinski definition) is 1. The normalized spacial score (nSPS) is 22.0. The van der Waals surface area contributed by atoms with Crippen LogP contribution in [0.5, 0.6) is 0 Å². The number of piperidine rings is 1. The quantitative estimate of drug-likeness (QED) is 0.880. The van der Waals surface area contributed by atoms with Crippen LogP contribution in [-0.2, 0) is 0 Å². The van der Waals surface area contributed by atoms with E-state index in [4.69, 9.17) is 17.3 Å². The highest BCUT2D eigenvalue weighted by molar-refractivity contribution is 6.31. The van der Waals surface area contributed by atoms with E-state index in [0.717, 1.165) is 18.7 Å². The van der Waals surface area contributed by atoms with Crippen LogP contribution in [-0.4, -0.2) is 34.2 Å². The molecule has 1 aliphatic heterocycles. The van der Waals surface area contributed by atoms with E-state index in [9.17, 15) is 0 Å². The monoisotopic (exact) mass is 254 g/mol. The second-order valence-electron chi connectivity index (χ2n) is 4.94. The number of nitrogens with zero attached hydrogens (tertiary/aromatic N) is 3. The van der Waals surface area contributed by atoms with Gasteiger partial charge in [-0.15, -0.1) is 5.10 Å². The number of nitrogen functional groups attached to an aromatic ring is 1. The van der Waals surface area contributed by atoms with Crippen LogP contribution >= 0.6 is 11.6 Å². The molecule has 1 fully saturated rings. The zero-order valence-electron chi connectivity index (χ0n) is 10.4. The van der Waals surface area contributed by atoms with Crippen molar-refractivity contribution in [2.75, 3.05) is 18.8 Å². The number of nitrogens with two attached hydrogens (primary N) is 1. The van der Waals surface area contributed by atoms with Gasteiger partial charge in [-0.1, -0.05) is 11.6 Å². The average Bonchev–Trinajstić information content (AvgIpc) is 2.33. The molecule has 1 aromatic heterocycles. The summed E-state index contributed by atoms with van der Waals surface area (Å²) in [5.41, 5.74) is 7.27. The SMILES string of the molecule is CC(C)N1CCCC(c2cc(N)c(Cl)nn2)C1. The summed E-state index contributed by atoms with van der Waals surface area (Å²) in [4.78, 5) is 2.47. The molecule has 0 radical (unpaired) electrons. The first-order valence-electron chi connectivity index (χ1n) is 6.10. The van der Waals surface area contributed by atoms with Crippen molar-refractivity contribution in [2.24, 2.45) is 0 Å². The van der Waals surface area contributed by atoms with Gasteiger partial charge in [0, 0.05) is 18.5 Å². The number of halogens is 1. The molecule has 1 atom stereocenters. The molecular weight excluding hydrogens is 236 g/mol. The Labute approximate surface area is 107 Å². The fourth-order valence-electron chi connectivity index (χ4n) is 2.32. The van der Waals surface area contributed by atoms with Gasteiger partial charge < -0.3 is 10.6 Å². The standard InChI is InChI=1S/C12H19ClN4/c1-8(2)17-5-3-4-9(7-17)11-6-10(14)12(13)16-15-11/h6,8-9H,3-5,7H2,1-2H3,(H2,14,15). The fourth-order valence-corrected chi connectivity index (χ4v) is 2.42. The highest BCUT2D eigenvalue weighted by Crippen LogP contribution is 2.28. The third kappa shape index (κ3) is 2.87. The number of hydrogen-bond acceptors (Lipinski definition) is 4. The number of anilines is 1. The Morgan fingerprint density at radius 1 is 1.47 bits per heavy atom. The van der Waals surface area contributed by atoms with Crippen LogP contribution in [0.2, 0.25) is 5.15 Å². The van der Waals surface area contributed by atoms with Crippen LogP contribution in [0.4, 0.5) is 5.69 Å². The zero-order valence-corrected chi connectivity index (χ0v) is 11.1. The van der Waals surface area contributed by atoms with Crippen LogP contribution in [0.1, 0.15) is 38.3 Å². The molecule has 17 heavy (non-hydrogen) atoms. The molecular formula is C12H19ClN4. The molecule has 1 aliphatic rings. The Bertz CT molecular complexity index is 394. The van der Waals surface area contributed by atoms with Crippen LogP contribution in [0, 0.1) is 0 Å². The second-order valence-corrected chi connectivity index (χ2v) is 5.30. The van der Waals surface area contributed by atoms with Gasteiger partial charge in [0.15, 0.2) is 5.15 Å². The lowest BCUT2D eigenvalue weighted by molar-refractivity contribution is 0.166. The fraction of sp³-hybridized carbons (Fsp3) is 0.667. The molecule has 0 aromatic carbocycles. The molecule has 0 aliphatic carbocycles. The third-order valence-electron chi connectivity index (χ3n) is 3.40. The van der Waals surface area contributed by atoms with E-state index < -0.39 is 0 Å². The van der Waals surface area contributed by atoms with Crippen LogP contribution < -0.4 is 5.73 Å². The summed E-state index contributed by atoms with van der Waals surface area (Å²) < 4.78 is 0. The first-order valence-corrected chi connectivity index (χ1v) is 6.48. The van der Waals surface area contributed by atoms with E-state index in [2.05, 4.69) is 28.9 Å². The maximum atomic E-state index is 5.79. The van der Waals surface area contributed by atoms with E-state index in [1.165, 1.54) is 13.0 Å².